The molecule has 26 heavy (non-hydrogen) atoms. The van der Waals surface area contributed by atoms with Crippen molar-refractivity contribution in [2.75, 3.05) is 0 Å². The molecule has 0 radical (unpaired) electrons. The minimum absolute atomic E-state index is 0.507. The predicted molar refractivity (Wildman–Crippen MR) is 112 cm³/mol. The standard InChI is InChI=1S/C22H20ClNOS/c1-16-2-4-17(5-3-16)14-24-22(26)19-8-12-21(13-9-19)25-15-18-6-10-20(23)11-7-18/h2-13H,14-15H2,1H3,(H,24,26). The van der Waals surface area contributed by atoms with Crippen LogP contribution in [0.15, 0.2) is 72.8 Å². The van der Waals surface area contributed by atoms with Crippen molar-refractivity contribution in [3.8, 4) is 5.75 Å². The van der Waals surface area contributed by atoms with Gasteiger partial charge in [0.2, 0.25) is 0 Å². The van der Waals surface area contributed by atoms with Gasteiger partial charge in [0.05, 0.1) is 0 Å². The van der Waals surface area contributed by atoms with E-state index in [4.69, 9.17) is 28.6 Å². The lowest BCUT2D eigenvalue weighted by molar-refractivity contribution is 0.306. The molecule has 0 saturated carbocycles. The van der Waals surface area contributed by atoms with E-state index in [-0.39, 0.29) is 0 Å². The van der Waals surface area contributed by atoms with Gasteiger partial charge < -0.3 is 10.1 Å². The molecule has 0 aliphatic carbocycles. The highest BCUT2D eigenvalue weighted by molar-refractivity contribution is 7.80. The molecular formula is C22H20ClNOS. The summed E-state index contributed by atoms with van der Waals surface area (Å²) in [6.07, 6.45) is 0. The maximum atomic E-state index is 5.89. The van der Waals surface area contributed by atoms with Gasteiger partial charge in [0.1, 0.15) is 17.3 Å². The number of nitrogens with one attached hydrogen (secondary N) is 1. The second-order valence-electron chi connectivity index (χ2n) is 6.11. The van der Waals surface area contributed by atoms with Gasteiger partial charge in [-0.1, -0.05) is 65.8 Å². The number of hydrogen-bond acceptors (Lipinski definition) is 2. The Morgan fingerprint density at radius 2 is 1.50 bits per heavy atom. The average molecular weight is 382 g/mol. The van der Waals surface area contributed by atoms with Gasteiger partial charge in [-0.05, 0) is 54.4 Å². The Morgan fingerprint density at radius 1 is 0.885 bits per heavy atom. The molecule has 4 heteroatoms. The summed E-state index contributed by atoms with van der Waals surface area (Å²) in [6.45, 7) is 3.30. The van der Waals surface area contributed by atoms with Crippen molar-refractivity contribution in [2.45, 2.75) is 20.1 Å². The normalized spacial score (nSPS) is 10.4. The summed E-state index contributed by atoms with van der Waals surface area (Å²) in [5, 5.41) is 4.02. The third-order valence-corrected chi connectivity index (χ3v) is 4.64. The Bertz CT molecular complexity index is 858. The average Bonchev–Trinajstić information content (AvgIpc) is 2.67. The first-order valence-corrected chi connectivity index (χ1v) is 9.20. The SMILES string of the molecule is Cc1ccc(CNC(=S)c2ccc(OCc3ccc(Cl)cc3)cc2)cc1. The lowest BCUT2D eigenvalue weighted by atomic mass is 10.1. The molecule has 3 rings (SSSR count). The van der Waals surface area contributed by atoms with E-state index in [1.807, 2.05) is 48.5 Å². The van der Waals surface area contributed by atoms with E-state index in [0.717, 1.165) is 26.9 Å². The molecule has 0 amide bonds. The zero-order valence-electron chi connectivity index (χ0n) is 14.5. The molecule has 0 bridgehead atoms. The molecule has 132 valence electrons. The fraction of sp³-hybridized carbons (Fsp3) is 0.136. The third-order valence-electron chi connectivity index (χ3n) is 4.01. The van der Waals surface area contributed by atoms with Gasteiger partial charge in [-0.2, -0.15) is 0 Å². The van der Waals surface area contributed by atoms with Crippen molar-refractivity contribution in [3.05, 3.63) is 100 Å². The molecule has 0 saturated heterocycles. The fourth-order valence-corrected chi connectivity index (χ4v) is 2.77. The quantitative estimate of drug-likeness (QED) is 0.554. The molecule has 0 spiro atoms. The van der Waals surface area contributed by atoms with E-state index in [0.29, 0.717) is 13.2 Å². The monoisotopic (exact) mass is 381 g/mol. The fourth-order valence-electron chi connectivity index (χ4n) is 2.44. The van der Waals surface area contributed by atoms with E-state index >= 15 is 0 Å². The topological polar surface area (TPSA) is 21.3 Å². The Hall–Kier alpha value is -2.36. The number of aryl methyl sites for hydroxylation is 1. The van der Waals surface area contributed by atoms with Gasteiger partial charge in [0, 0.05) is 17.1 Å². The van der Waals surface area contributed by atoms with Crippen molar-refractivity contribution in [3.63, 3.8) is 0 Å². The molecule has 3 aromatic rings. The van der Waals surface area contributed by atoms with E-state index in [1.165, 1.54) is 11.1 Å². The van der Waals surface area contributed by atoms with Crippen molar-refractivity contribution in [1.82, 2.24) is 5.32 Å². The Morgan fingerprint density at radius 3 is 2.15 bits per heavy atom. The zero-order chi connectivity index (χ0) is 18.4. The number of thiocarbonyl (C=S) groups is 1. The molecule has 0 atom stereocenters. The van der Waals surface area contributed by atoms with Gasteiger partial charge in [-0.3, -0.25) is 0 Å². The molecule has 0 heterocycles. The van der Waals surface area contributed by atoms with Crippen molar-refractivity contribution >= 4 is 28.8 Å². The minimum atomic E-state index is 0.507. The highest BCUT2D eigenvalue weighted by Crippen LogP contribution is 2.16. The molecule has 0 fully saturated rings. The van der Waals surface area contributed by atoms with Gasteiger partial charge >= 0.3 is 0 Å². The van der Waals surface area contributed by atoms with E-state index in [1.54, 1.807) is 0 Å². The van der Waals surface area contributed by atoms with Crippen LogP contribution in [-0.2, 0) is 13.2 Å². The molecule has 0 aliphatic rings. The maximum Gasteiger partial charge on any atom is 0.119 e. The second kappa shape index (κ2) is 8.84. The van der Waals surface area contributed by atoms with Crippen LogP contribution in [0.1, 0.15) is 22.3 Å². The number of rotatable bonds is 6. The van der Waals surface area contributed by atoms with E-state index in [9.17, 15) is 0 Å². The molecule has 3 aromatic carbocycles. The molecule has 1 N–H and O–H groups in total. The summed E-state index contributed by atoms with van der Waals surface area (Å²) < 4.78 is 5.80. The van der Waals surface area contributed by atoms with Crippen molar-refractivity contribution < 1.29 is 4.74 Å². The molecule has 2 nitrogen and oxygen atoms in total. The summed E-state index contributed by atoms with van der Waals surface area (Å²) in [6, 6.07) is 23.9. The summed E-state index contributed by atoms with van der Waals surface area (Å²) in [5.41, 5.74) is 4.52. The molecule has 0 aliphatic heterocycles. The van der Waals surface area contributed by atoms with Crippen LogP contribution in [0.2, 0.25) is 5.02 Å². The smallest absolute Gasteiger partial charge is 0.119 e. The Kier molecular flexibility index (Phi) is 6.26. The first-order valence-electron chi connectivity index (χ1n) is 8.41. The number of halogens is 1. The summed E-state index contributed by atoms with van der Waals surface area (Å²) in [5.74, 6) is 0.810. The van der Waals surface area contributed by atoms with Crippen LogP contribution in [0.3, 0.4) is 0 Å². The van der Waals surface area contributed by atoms with Gasteiger partial charge in [0.15, 0.2) is 0 Å². The number of ether oxygens (including phenoxy) is 1. The second-order valence-corrected chi connectivity index (χ2v) is 6.95. The largest absolute Gasteiger partial charge is 0.489 e. The van der Waals surface area contributed by atoms with Gasteiger partial charge in [-0.15, -0.1) is 0 Å². The van der Waals surface area contributed by atoms with Crippen LogP contribution in [0.4, 0.5) is 0 Å². The molecular weight excluding hydrogens is 362 g/mol. The lowest BCUT2D eigenvalue weighted by Crippen LogP contribution is -2.21. The van der Waals surface area contributed by atoms with Crippen LogP contribution in [0.5, 0.6) is 5.75 Å². The van der Waals surface area contributed by atoms with Gasteiger partial charge in [0.25, 0.3) is 0 Å². The summed E-state index contributed by atoms with van der Waals surface area (Å²) in [4.78, 5) is 0.731. The zero-order valence-corrected chi connectivity index (χ0v) is 16.1. The highest BCUT2D eigenvalue weighted by Gasteiger charge is 2.03. The third kappa shape index (κ3) is 5.32. The van der Waals surface area contributed by atoms with Crippen LogP contribution in [-0.4, -0.2) is 4.99 Å². The van der Waals surface area contributed by atoms with E-state index < -0.39 is 0 Å². The Balaban J connectivity index is 1.52. The summed E-state index contributed by atoms with van der Waals surface area (Å²) in [7, 11) is 0. The van der Waals surface area contributed by atoms with Crippen LogP contribution in [0.25, 0.3) is 0 Å². The minimum Gasteiger partial charge on any atom is -0.489 e. The van der Waals surface area contributed by atoms with Crippen LogP contribution >= 0.6 is 23.8 Å². The Labute approximate surface area is 164 Å². The highest BCUT2D eigenvalue weighted by atomic mass is 35.5. The van der Waals surface area contributed by atoms with Crippen LogP contribution in [0, 0.1) is 6.92 Å². The number of hydrogen-bond donors (Lipinski definition) is 1. The maximum absolute atomic E-state index is 5.89. The van der Waals surface area contributed by atoms with Crippen molar-refractivity contribution in [1.29, 1.82) is 0 Å². The van der Waals surface area contributed by atoms with E-state index in [2.05, 4.69) is 36.5 Å². The van der Waals surface area contributed by atoms with Gasteiger partial charge in [-0.25, -0.2) is 0 Å². The van der Waals surface area contributed by atoms with Crippen LogP contribution < -0.4 is 10.1 Å². The number of benzene rings is 3. The van der Waals surface area contributed by atoms with Crippen molar-refractivity contribution in [2.24, 2.45) is 0 Å². The first kappa shape index (κ1) is 18.4. The predicted octanol–water partition coefficient (Wildman–Crippen LogP) is 5.69. The molecule has 0 aromatic heterocycles. The first-order chi connectivity index (χ1) is 12.6. The molecule has 0 unspecified atom stereocenters. The lowest BCUT2D eigenvalue weighted by Gasteiger charge is -2.10. The summed E-state index contributed by atoms with van der Waals surface area (Å²) >= 11 is 11.4.